The third-order valence-corrected chi connectivity index (χ3v) is 8.30. The molecule has 0 radical (unpaired) electrons. The molecular weight excluding hydrogens is 648 g/mol. The first-order valence-electron chi connectivity index (χ1n) is 16.2. The van der Waals surface area contributed by atoms with Crippen LogP contribution in [-0.4, -0.2) is 77.7 Å². The largest absolute Gasteiger partial charge is 0.455 e. The Labute approximate surface area is 290 Å². The molecule has 3 aromatic carbocycles. The number of carbonyl (C=O) groups is 5. The average molecular weight is 691 g/mol. The summed E-state index contributed by atoms with van der Waals surface area (Å²) in [7, 11) is 0. The number of carbonyl (C=O) groups excluding carboxylic acids is 5. The summed E-state index contributed by atoms with van der Waals surface area (Å²) in [6.45, 7) is 5.33. The molecule has 0 aromatic heterocycles. The highest BCUT2D eigenvalue weighted by Crippen LogP contribution is 2.43. The van der Waals surface area contributed by atoms with Crippen LogP contribution in [0.25, 0.3) is 0 Å². The SMILES string of the molecule is CC(=O)OC1[C@@H](OC(C)=O)[C@H](OC(C)=O)C(O)(CCCOC(c2ccccc2)(c2ccccc2)c2ccccc2)[C@H](OC(C)=O)[C@H]1OC(C)=O. The molecule has 12 heteroatoms. The summed E-state index contributed by atoms with van der Waals surface area (Å²) in [5.41, 5.74) is -0.966. The Morgan fingerprint density at radius 2 is 0.860 bits per heavy atom. The maximum absolute atomic E-state index is 12.6. The van der Waals surface area contributed by atoms with Gasteiger partial charge in [-0.25, -0.2) is 0 Å². The van der Waals surface area contributed by atoms with E-state index in [0.29, 0.717) is 0 Å². The smallest absolute Gasteiger partial charge is 0.303 e. The van der Waals surface area contributed by atoms with Crippen LogP contribution in [0, 0.1) is 0 Å². The van der Waals surface area contributed by atoms with Gasteiger partial charge in [0, 0.05) is 41.2 Å². The van der Waals surface area contributed by atoms with Gasteiger partial charge in [0.25, 0.3) is 0 Å². The highest BCUT2D eigenvalue weighted by atomic mass is 16.7. The number of rotatable bonds is 13. The van der Waals surface area contributed by atoms with Gasteiger partial charge in [-0.15, -0.1) is 0 Å². The highest BCUT2D eigenvalue weighted by Gasteiger charge is 2.66. The molecule has 0 spiro atoms. The van der Waals surface area contributed by atoms with Gasteiger partial charge in [-0.2, -0.15) is 0 Å². The van der Waals surface area contributed by atoms with Crippen LogP contribution < -0.4 is 0 Å². The Morgan fingerprint density at radius 3 is 1.18 bits per heavy atom. The summed E-state index contributed by atoms with van der Waals surface area (Å²) in [6, 6.07) is 28.8. The molecule has 1 saturated carbocycles. The van der Waals surface area contributed by atoms with Crippen molar-refractivity contribution in [1.29, 1.82) is 0 Å². The molecule has 50 heavy (non-hydrogen) atoms. The first kappa shape index (κ1) is 37.7. The monoisotopic (exact) mass is 690 g/mol. The number of aliphatic hydroxyl groups is 1. The van der Waals surface area contributed by atoms with E-state index >= 15 is 0 Å². The fraction of sp³-hybridized carbons (Fsp3) is 0.395. The minimum absolute atomic E-state index is 0.00951. The van der Waals surface area contributed by atoms with E-state index in [1.807, 2.05) is 91.0 Å². The van der Waals surface area contributed by atoms with Crippen molar-refractivity contribution in [1.82, 2.24) is 0 Å². The lowest BCUT2D eigenvalue weighted by molar-refractivity contribution is -0.287. The van der Waals surface area contributed by atoms with Crippen molar-refractivity contribution in [3.63, 3.8) is 0 Å². The quantitative estimate of drug-likeness (QED) is 0.118. The van der Waals surface area contributed by atoms with Crippen molar-refractivity contribution < 1.29 is 57.5 Å². The summed E-state index contributed by atoms with van der Waals surface area (Å²) in [6.07, 6.45) is -8.69. The molecule has 0 saturated heterocycles. The van der Waals surface area contributed by atoms with Crippen LogP contribution >= 0.6 is 0 Å². The Kier molecular flexibility index (Phi) is 12.5. The van der Waals surface area contributed by atoms with Crippen molar-refractivity contribution in [3.8, 4) is 0 Å². The molecule has 2 unspecified atom stereocenters. The van der Waals surface area contributed by atoms with Crippen molar-refractivity contribution in [2.75, 3.05) is 6.61 Å². The number of benzene rings is 3. The molecule has 0 bridgehead atoms. The molecule has 0 amide bonds. The van der Waals surface area contributed by atoms with Crippen LogP contribution in [0.5, 0.6) is 0 Å². The first-order valence-corrected chi connectivity index (χ1v) is 16.2. The molecule has 4 rings (SSSR count). The molecule has 3 aromatic rings. The van der Waals surface area contributed by atoms with E-state index in [-0.39, 0.29) is 19.4 Å². The zero-order valence-electron chi connectivity index (χ0n) is 28.6. The van der Waals surface area contributed by atoms with Gasteiger partial charge in [0.2, 0.25) is 0 Å². The summed E-state index contributed by atoms with van der Waals surface area (Å²) in [5.74, 6) is -4.38. The maximum atomic E-state index is 12.6. The summed E-state index contributed by atoms with van der Waals surface area (Å²) in [4.78, 5) is 61.9. The van der Waals surface area contributed by atoms with Gasteiger partial charge in [0.05, 0.1) is 0 Å². The molecular formula is C38H42O12. The first-order chi connectivity index (χ1) is 23.8. The van der Waals surface area contributed by atoms with Crippen LogP contribution in [0.2, 0.25) is 0 Å². The van der Waals surface area contributed by atoms with Gasteiger partial charge < -0.3 is 33.5 Å². The minimum Gasteiger partial charge on any atom is -0.455 e. The number of hydrogen-bond donors (Lipinski definition) is 1. The normalized spacial score (nSPS) is 23.2. The third kappa shape index (κ3) is 8.55. The number of hydrogen-bond acceptors (Lipinski definition) is 12. The van der Waals surface area contributed by atoms with Gasteiger partial charge >= 0.3 is 29.8 Å². The summed E-state index contributed by atoms with van der Waals surface area (Å²) < 4.78 is 34.4. The van der Waals surface area contributed by atoms with E-state index in [2.05, 4.69) is 0 Å². The van der Waals surface area contributed by atoms with Gasteiger partial charge in [-0.3, -0.25) is 24.0 Å². The highest BCUT2D eigenvalue weighted by molar-refractivity contribution is 5.70. The fourth-order valence-electron chi connectivity index (χ4n) is 6.56. The van der Waals surface area contributed by atoms with Crippen LogP contribution in [-0.2, 0) is 58.0 Å². The second-order valence-electron chi connectivity index (χ2n) is 12.0. The maximum Gasteiger partial charge on any atom is 0.303 e. The molecule has 6 atom stereocenters. The lowest BCUT2D eigenvalue weighted by atomic mass is 9.71. The van der Waals surface area contributed by atoms with Gasteiger partial charge in [-0.1, -0.05) is 91.0 Å². The van der Waals surface area contributed by atoms with Gasteiger partial charge in [0.15, 0.2) is 30.5 Å². The summed E-state index contributed by atoms with van der Waals surface area (Å²) >= 11 is 0. The molecule has 0 heterocycles. The molecule has 1 aliphatic rings. The molecule has 1 N–H and O–H groups in total. The van der Waals surface area contributed by atoms with Crippen LogP contribution in [0.15, 0.2) is 91.0 Å². The van der Waals surface area contributed by atoms with Crippen molar-refractivity contribution >= 4 is 29.8 Å². The molecule has 0 aliphatic heterocycles. The summed E-state index contributed by atoms with van der Waals surface area (Å²) in [5, 5.41) is 12.6. The Hall–Kier alpha value is -5.07. The standard InChI is InChI=1S/C38H42O12/c1-24(39)46-32-33(47-25(2)40)35(49-27(4)42)37(44,36(50-28(5)43)34(32)48-26(3)41)22-15-23-45-38(29-16-9-6-10-17-29,30-18-11-7-12-19-30)31-20-13-8-14-21-31/h6-14,16-21,32-36,44H,15,22-23H2,1-5H3/t32?,33-,34+,35+,36-,37?. The van der Waals surface area contributed by atoms with Crippen molar-refractivity contribution in [2.24, 2.45) is 0 Å². The van der Waals surface area contributed by atoms with E-state index in [1.54, 1.807) is 0 Å². The number of esters is 5. The lowest BCUT2D eigenvalue weighted by Crippen LogP contribution is -2.74. The van der Waals surface area contributed by atoms with Crippen molar-refractivity contribution in [2.45, 2.75) is 89.2 Å². The van der Waals surface area contributed by atoms with Crippen LogP contribution in [0.3, 0.4) is 0 Å². The van der Waals surface area contributed by atoms with E-state index in [1.165, 1.54) is 0 Å². The average Bonchev–Trinajstić information content (AvgIpc) is 3.07. The molecule has 1 aliphatic carbocycles. The third-order valence-electron chi connectivity index (χ3n) is 8.30. The zero-order valence-corrected chi connectivity index (χ0v) is 28.6. The Morgan fingerprint density at radius 1 is 0.540 bits per heavy atom. The van der Waals surface area contributed by atoms with E-state index in [0.717, 1.165) is 51.3 Å². The Bertz CT molecular complexity index is 1480. The zero-order chi connectivity index (χ0) is 36.5. The number of ether oxygens (including phenoxy) is 6. The van der Waals surface area contributed by atoms with Crippen LogP contribution in [0.1, 0.15) is 64.2 Å². The Balaban J connectivity index is 1.80. The molecule has 12 nitrogen and oxygen atoms in total. The molecule has 266 valence electrons. The minimum atomic E-state index is -2.35. The lowest BCUT2D eigenvalue weighted by Gasteiger charge is -2.52. The topological polar surface area (TPSA) is 161 Å². The molecule has 1 fully saturated rings. The second-order valence-corrected chi connectivity index (χ2v) is 12.0. The second kappa shape index (κ2) is 16.6. The van der Waals surface area contributed by atoms with Crippen molar-refractivity contribution in [3.05, 3.63) is 108 Å². The fourth-order valence-corrected chi connectivity index (χ4v) is 6.56. The van der Waals surface area contributed by atoms with E-state index < -0.39 is 71.6 Å². The van der Waals surface area contributed by atoms with E-state index in [4.69, 9.17) is 28.4 Å². The van der Waals surface area contributed by atoms with Gasteiger partial charge in [-0.05, 0) is 29.5 Å². The van der Waals surface area contributed by atoms with E-state index in [9.17, 15) is 29.1 Å². The predicted molar refractivity (Wildman–Crippen MR) is 177 cm³/mol. The van der Waals surface area contributed by atoms with Crippen LogP contribution in [0.4, 0.5) is 0 Å². The predicted octanol–water partition coefficient (Wildman–Crippen LogP) is 4.18. The van der Waals surface area contributed by atoms with Gasteiger partial charge in [0.1, 0.15) is 11.2 Å².